The molecular weight excluding hydrogens is 358 g/mol. The van der Waals surface area contributed by atoms with E-state index in [0.29, 0.717) is 28.2 Å². The van der Waals surface area contributed by atoms with Gasteiger partial charge in [0.15, 0.2) is 11.6 Å². The molecule has 3 aromatic rings. The van der Waals surface area contributed by atoms with Gasteiger partial charge in [-0.1, -0.05) is 23.4 Å². The van der Waals surface area contributed by atoms with Gasteiger partial charge in [-0.2, -0.15) is 0 Å². The fourth-order valence-corrected chi connectivity index (χ4v) is 2.98. The van der Waals surface area contributed by atoms with Gasteiger partial charge in [-0.3, -0.25) is 9.89 Å². The molecule has 0 amide bonds. The van der Waals surface area contributed by atoms with Crippen molar-refractivity contribution in [3.05, 3.63) is 59.1 Å². The summed E-state index contributed by atoms with van der Waals surface area (Å²) >= 11 is 7.17. The topological polar surface area (TPSA) is 67.9 Å². The Morgan fingerprint density at radius 3 is 2.56 bits per heavy atom. The lowest BCUT2D eigenvalue weighted by Gasteiger charge is -2.03. The van der Waals surface area contributed by atoms with Gasteiger partial charge in [0.05, 0.1) is 12.4 Å². The van der Waals surface area contributed by atoms with Gasteiger partial charge in [0, 0.05) is 16.1 Å². The molecule has 0 aliphatic carbocycles. The van der Waals surface area contributed by atoms with Crippen molar-refractivity contribution in [3.8, 4) is 17.1 Å². The third-order valence-electron chi connectivity index (χ3n) is 3.40. The van der Waals surface area contributed by atoms with Crippen molar-refractivity contribution in [3.63, 3.8) is 0 Å². The molecule has 0 spiro atoms. The largest absolute Gasteiger partial charge is 0.494 e. The van der Waals surface area contributed by atoms with E-state index < -0.39 is 0 Å². The van der Waals surface area contributed by atoms with Crippen LogP contribution in [0.4, 0.5) is 0 Å². The van der Waals surface area contributed by atoms with Gasteiger partial charge in [0.25, 0.3) is 0 Å². The molecule has 2 aromatic carbocycles. The molecule has 0 saturated heterocycles. The predicted molar refractivity (Wildman–Crippen MR) is 99.5 cm³/mol. The van der Waals surface area contributed by atoms with Gasteiger partial charge < -0.3 is 4.74 Å². The van der Waals surface area contributed by atoms with Crippen molar-refractivity contribution in [2.24, 2.45) is 0 Å². The number of hydrogen-bond acceptors (Lipinski definition) is 5. The monoisotopic (exact) mass is 373 g/mol. The Bertz CT molecular complexity index is 848. The molecule has 0 bridgehead atoms. The number of halogens is 1. The molecule has 1 aromatic heterocycles. The summed E-state index contributed by atoms with van der Waals surface area (Å²) in [5.41, 5.74) is 1.53. The fraction of sp³-hybridized carbons (Fsp3) is 0.167. The molecule has 1 heterocycles. The minimum Gasteiger partial charge on any atom is -0.494 e. The highest BCUT2D eigenvalue weighted by Gasteiger charge is 2.11. The first-order valence-electron chi connectivity index (χ1n) is 7.73. The third-order valence-corrected chi connectivity index (χ3v) is 4.50. The number of ether oxygens (including phenoxy) is 1. The minimum absolute atomic E-state index is 0.0193. The lowest BCUT2D eigenvalue weighted by Crippen LogP contribution is -2.02. The Morgan fingerprint density at radius 2 is 1.88 bits per heavy atom. The number of nitrogens with zero attached hydrogens (tertiary/aromatic N) is 2. The molecule has 3 rings (SSSR count). The van der Waals surface area contributed by atoms with Crippen LogP contribution in [-0.2, 0) is 0 Å². The number of Topliss-reactive ketones (excluding diaryl/α,β-unsaturated/α-hetero) is 1. The Hall–Kier alpha value is -2.31. The zero-order valence-corrected chi connectivity index (χ0v) is 15.1. The minimum atomic E-state index is 0.0193. The van der Waals surface area contributed by atoms with Gasteiger partial charge in [0.2, 0.25) is 5.16 Å². The predicted octanol–water partition coefficient (Wildman–Crippen LogP) is 4.50. The second kappa shape index (κ2) is 8.18. The number of carbonyl (C=O) groups excluding carboxylic acids is 1. The molecule has 0 saturated carbocycles. The summed E-state index contributed by atoms with van der Waals surface area (Å²) in [6.45, 7) is 2.52. The first-order chi connectivity index (χ1) is 12.2. The SMILES string of the molecule is CCOc1ccc(C(=O)CSc2n[nH]c(-c3ccc(Cl)cc3)n2)cc1. The van der Waals surface area contributed by atoms with Crippen LogP contribution in [0.3, 0.4) is 0 Å². The van der Waals surface area contributed by atoms with Crippen LogP contribution in [0, 0.1) is 0 Å². The van der Waals surface area contributed by atoms with E-state index in [9.17, 15) is 4.79 Å². The molecule has 0 aliphatic rings. The van der Waals surface area contributed by atoms with Crippen LogP contribution in [0.25, 0.3) is 11.4 Å². The van der Waals surface area contributed by atoms with E-state index in [1.54, 1.807) is 36.4 Å². The van der Waals surface area contributed by atoms with Crippen LogP contribution < -0.4 is 4.74 Å². The van der Waals surface area contributed by atoms with Crippen molar-refractivity contribution < 1.29 is 9.53 Å². The Balaban J connectivity index is 1.60. The maximum Gasteiger partial charge on any atom is 0.209 e. The smallest absolute Gasteiger partial charge is 0.209 e. The number of aromatic nitrogens is 3. The Kier molecular flexibility index (Phi) is 5.73. The molecule has 0 atom stereocenters. The van der Waals surface area contributed by atoms with Gasteiger partial charge in [-0.25, -0.2) is 4.98 Å². The van der Waals surface area contributed by atoms with E-state index in [4.69, 9.17) is 16.3 Å². The van der Waals surface area contributed by atoms with Crippen LogP contribution in [0.5, 0.6) is 5.75 Å². The van der Waals surface area contributed by atoms with E-state index >= 15 is 0 Å². The van der Waals surface area contributed by atoms with Gasteiger partial charge in [-0.05, 0) is 55.5 Å². The molecule has 5 nitrogen and oxygen atoms in total. The van der Waals surface area contributed by atoms with E-state index in [1.165, 1.54) is 11.8 Å². The second-order valence-corrected chi connectivity index (χ2v) is 6.52. The van der Waals surface area contributed by atoms with Gasteiger partial charge in [-0.15, -0.1) is 5.10 Å². The molecule has 0 fully saturated rings. The molecule has 128 valence electrons. The number of thioether (sulfide) groups is 1. The number of H-pyrrole nitrogens is 1. The maximum absolute atomic E-state index is 12.3. The van der Waals surface area contributed by atoms with E-state index in [0.717, 1.165) is 11.3 Å². The molecule has 0 aliphatic heterocycles. The third kappa shape index (κ3) is 4.61. The van der Waals surface area contributed by atoms with Gasteiger partial charge >= 0.3 is 0 Å². The lowest BCUT2D eigenvalue weighted by atomic mass is 10.1. The first-order valence-corrected chi connectivity index (χ1v) is 9.09. The van der Waals surface area contributed by atoms with Crippen molar-refractivity contribution in [2.45, 2.75) is 12.1 Å². The van der Waals surface area contributed by atoms with Crippen LogP contribution in [-0.4, -0.2) is 33.3 Å². The summed E-state index contributed by atoms with van der Waals surface area (Å²) in [6, 6.07) is 14.4. The van der Waals surface area contributed by atoms with E-state index in [-0.39, 0.29) is 11.5 Å². The Labute approximate surface area is 154 Å². The number of nitrogens with one attached hydrogen (secondary N) is 1. The summed E-state index contributed by atoms with van der Waals surface area (Å²) in [5.74, 6) is 1.69. The quantitative estimate of drug-likeness (QED) is 0.488. The summed E-state index contributed by atoms with van der Waals surface area (Å²) in [4.78, 5) is 16.7. The molecular formula is C18H16ClN3O2S. The van der Waals surface area contributed by atoms with Crippen molar-refractivity contribution >= 4 is 29.1 Å². The highest BCUT2D eigenvalue weighted by molar-refractivity contribution is 7.99. The number of hydrogen-bond donors (Lipinski definition) is 1. The second-order valence-electron chi connectivity index (χ2n) is 5.14. The summed E-state index contributed by atoms with van der Waals surface area (Å²) in [7, 11) is 0. The lowest BCUT2D eigenvalue weighted by molar-refractivity contribution is 0.102. The molecule has 0 radical (unpaired) electrons. The van der Waals surface area contributed by atoms with Crippen LogP contribution in [0.15, 0.2) is 53.7 Å². The summed E-state index contributed by atoms with van der Waals surface area (Å²) in [5, 5.41) is 8.21. The van der Waals surface area contributed by atoms with Crippen LogP contribution >= 0.6 is 23.4 Å². The molecule has 25 heavy (non-hydrogen) atoms. The highest BCUT2D eigenvalue weighted by atomic mass is 35.5. The first kappa shape index (κ1) is 17.5. The average Bonchev–Trinajstić information content (AvgIpc) is 3.10. The number of ketones is 1. The van der Waals surface area contributed by atoms with Gasteiger partial charge in [0.1, 0.15) is 5.75 Å². The zero-order valence-electron chi connectivity index (χ0n) is 13.5. The summed E-state index contributed by atoms with van der Waals surface area (Å²) in [6.07, 6.45) is 0. The van der Waals surface area contributed by atoms with Crippen molar-refractivity contribution in [2.75, 3.05) is 12.4 Å². The Morgan fingerprint density at radius 1 is 1.16 bits per heavy atom. The van der Waals surface area contributed by atoms with Crippen LogP contribution in [0.2, 0.25) is 5.02 Å². The van der Waals surface area contributed by atoms with E-state index in [2.05, 4.69) is 15.2 Å². The van der Waals surface area contributed by atoms with Crippen molar-refractivity contribution in [1.82, 2.24) is 15.2 Å². The number of rotatable bonds is 7. The zero-order chi connectivity index (χ0) is 17.6. The maximum atomic E-state index is 12.3. The summed E-state index contributed by atoms with van der Waals surface area (Å²) < 4.78 is 5.37. The highest BCUT2D eigenvalue weighted by Crippen LogP contribution is 2.22. The molecule has 7 heteroatoms. The van der Waals surface area contributed by atoms with Crippen molar-refractivity contribution in [1.29, 1.82) is 0 Å². The fourth-order valence-electron chi connectivity index (χ4n) is 2.16. The standard InChI is InChI=1S/C18H16ClN3O2S/c1-2-24-15-9-5-12(6-10-15)16(23)11-25-18-20-17(21-22-18)13-3-7-14(19)8-4-13/h3-10H,2,11H2,1H3,(H,20,21,22). The van der Waals surface area contributed by atoms with Crippen LogP contribution in [0.1, 0.15) is 17.3 Å². The number of carbonyl (C=O) groups is 1. The molecule has 1 N–H and O–H groups in total. The normalized spacial score (nSPS) is 10.6. The van der Waals surface area contributed by atoms with E-state index in [1.807, 2.05) is 19.1 Å². The number of aromatic amines is 1. The molecule has 0 unspecified atom stereocenters. The average molecular weight is 374 g/mol. The number of benzene rings is 2.